The minimum absolute atomic E-state index is 0.00104. The van der Waals surface area contributed by atoms with E-state index in [9.17, 15) is 12.8 Å². The molecule has 1 aromatic heterocycles. The van der Waals surface area contributed by atoms with Crippen molar-refractivity contribution in [1.29, 1.82) is 0 Å². The summed E-state index contributed by atoms with van der Waals surface area (Å²) in [7, 11) is 0.658. The number of halogens is 1. The van der Waals surface area contributed by atoms with Crippen molar-refractivity contribution in [3.05, 3.63) is 54.3 Å². The molecule has 0 amide bonds. The molecule has 0 N–H and O–H groups in total. The van der Waals surface area contributed by atoms with Crippen molar-refractivity contribution >= 4 is 15.8 Å². The molecule has 2 heterocycles. The van der Waals surface area contributed by atoms with Gasteiger partial charge in [-0.2, -0.15) is 4.31 Å². The van der Waals surface area contributed by atoms with Crippen molar-refractivity contribution in [3.8, 4) is 28.5 Å². The average Bonchev–Trinajstić information content (AvgIpc) is 2.88. The summed E-state index contributed by atoms with van der Waals surface area (Å²) in [4.78, 5) is 1.87. The van der Waals surface area contributed by atoms with Gasteiger partial charge in [0.25, 0.3) is 0 Å². The van der Waals surface area contributed by atoms with Gasteiger partial charge in [0.05, 0.1) is 31.9 Å². The molecule has 9 nitrogen and oxygen atoms in total. The summed E-state index contributed by atoms with van der Waals surface area (Å²) in [6, 6.07) is 12.9. The highest BCUT2D eigenvalue weighted by molar-refractivity contribution is 7.89. The van der Waals surface area contributed by atoms with E-state index < -0.39 is 15.8 Å². The Hall–Kier alpha value is -3.44. The van der Waals surface area contributed by atoms with E-state index in [0.717, 1.165) is 11.6 Å². The van der Waals surface area contributed by atoms with Crippen LogP contribution in [0.15, 0.2) is 53.4 Å². The molecule has 3 aromatic rings. The SMILES string of the molecule is COc1ccc(S(=O)(=O)N2CCN(c3ccc(-c4ccc(OC)c(OC)c4)nn3)CC2)cc1F. The maximum Gasteiger partial charge on any atom is 0.243 e. The highest BCUT2D eigenvalue weighted by Gasteiger charge is 2.29. The first-order chi connectivity index (χ1) is 16.4. The minimum Gasteiger partial charge on any atom is -0.494 e. The Morgan fingerprint density at radius 2 is 1.47 bits per heavy atom. The quantitative estimate of drug-likeness (QED) is 0.501. The Bertz CT molecular complexity index is 1260. The second-order valence-electron chi connectivity index (χ2n) is 7.53. The van der Waals surface area contributed by atoms with E-state index in [-0.39, 0.29) is 23.7 Å². The highest BCUT2D eigenvalue weighted by atomic mass is 32.2. The molecular weight excluding hydrogens is 463 g/mol. The molecule has 1 aliphatic rings. The van der Waals surface area contributed by atoms with Gasteiger partial charge in [-0.15, -0.1) is 10.2 Å². The van der Waals surface area contributed by atoms with E-state index in [2.05, 4.69) is 10.2 Å². The van der Waals surface area contributed by atoms with Crippen LogP contribution in [0.1, 0.15) is 0 Å². The molecule has 0 aliphatic carbocycles. The van der Waals surface area contributed by atoms with E-state index in [4.69, 9.17) is 14.2 Å². The smallest absolute Gasteiger partial charge is 0.243 e. The number of hydrogen-bond donors (Lipinski definition) is 0. The molecule has 0 bridgehead atoms. The Kier molecular flexibility index (Phi) is 6.85. The lowest BCUT2D eigenvalue weighted by Gasteiger charge is -2.34. The topological polar surface area (TPSA) is 94.1 Å². The van der Waals surface area contributed by atoms with Crippen molar-refractivity contribution < 1.29 is 27.0 Å². The molecule has 0 atom stereocenters. The zero-order valence-electron chi connectivity index (χ0n) is 19.1. The summed E-state index contributed by atoms with van der Waals surface area (Å²) in [5.41, 5.74) is 1.51. The van der Waals surface area contributed by atoms with Crippen LogP contribution in [0.5, 0.6) is 17.2 Å². The zero-order valence-corrected chi connectivity index (χ0v) is 19.9. The van der Waals surface area contributed by atoms with Crippen LogP contribution >= 0.6 is 0 Å². The number of hydrogen-bond acceptors (Lipinski definition) is 8. The van der Waals surface area contributed by atoms with Crippen molar-refractivity contribution in [3.63, 3.8) is 0 Å². The van der Waals surface area contributed by atoms with Gasteiger partial charge in [0.15, 0.2) is 28.9 Å². The van der Waals surface area contributed by atoms with Crippen LogP contribution in [-0.2, 0) is 10.0 Å². The van der Waals surface area contributed by atoms with Crippen molar-refractivity contribution in [1.82, 2.24) is 14.5 Å². The molecule has 180 valence electrons. The monoisotopic (exact) mass is 488 g/mol. The van der Waals surface area contributed by atoms with Crippen molar-refractivity contribution in [2.45, 2.75) is 4.90 Å². The number of ether oxygens (including phenoxy) is 3. The Labute approximate surface area is 197 Å². The molecule has 11 heteroatoms. The molecule has 4 rings (SSSR count). The van der Waals surface area contributed by atoms with Crippen LogP contribution in [-0.4, -0.2) is 70.4 Å². The average molecular weight is 489 g/mol. The summed E-state index contributed by atoms with van der Waals surface area (Å²) < 4.78 is 56.7. The number of nitrogens with zero attached hydrogens (tertiary/aromatic N) is 4. The predicted octanol–water partition coefficient (Wildman–Crippen LogP) is 2.82. The van der Waals surface area contributed by atoms with Gasteiger partial charge >= 0.3 is 0 Å². The van der Waals surface area contributed by atoms with Gasteiger partial charge in [0.1, 0.15) is 0 Å². The summed E-state index contributed by atoms with van der Waals surface area (Å²) in [5, 5.41) is 8.65. The van der Waals surface area contributed by atoms with Crippen molar-refractivity contribution in [2.24, 2.45) is 0 Å². The fourth-order valence-electron chi connectivity index (χ4n) is 3.76. The highest BCUT2D eigenvalue weighted by Crippen LogP contribution is 2.32. The molecule has 1 saturated heterocycles. The number of aromatic nitrogens is 2. The largest absolute Gasteiger partial charge is 0.494 e. The molecule has 0 unspecified atom stereocenters. The maximum atomic E-state index is 14.0. The Balaban J connectivity index is 1.44. The van der Waals surface area contributed by atoms with E-state index in [1.807, 2.05) is 29.2 Å². The van der Waals surface area contributed by atoms with Gasteiger partial charge in [0, 0.05) is 31.7 Å². The standard InChI is InChI=1S/C23H25FN4O5S/c1-31-20-8-5-17(15-18(20)24)34(29,30)28-12-10-27(11-13-28)23-9-6-19(25-26-23)16-4-7-21(32-2)22(14-16)33-3/h4-9,14-15H,10-13H2,1-3H3. The third-order valence-corrected chi connectivity index (χ3v) is 7.55. The van der Waals surface area contributed by atoms with Gasteiger partial charge < -0.3 is 19.1 Å². The number of methoxy groups -OCH3 is 3. The first-order valence-corrected chi connectivity index (χ1v) is 12.0. The fourth-order valence-corrected chi connectivity index (χ4v) is 5.19. The van der Waals surface area contributed by atoms with Crippen LogP contribution in [0.2, 0.25) is 0 Å². The molecule has 1 fully saturated rings. The molecule has 34 heavy (non-hydrogen) atoms. The van der Waals surface area contributed by atoms with Crippen LogP contribution in [0.4, 0.5) is 10.2 Å². The first kappa shape index (κ1) is 23.7. The minimum atomic E-state index is -3.82. The van der Waals surface area contributed by atoms with Gasteiger partial charge in [-0.25, -0.2) is 12.8 Å². The summed E-state index contributed by atoms with van der Waals surface area (Å²) in [5.74, 6) is 1.16. The van der Waals surface area contributed by atoms with E-state index >= 15 is 0 Å². The van der Waals surface area contributed by atoms with Crippen LogP contribution in [0, 0.1) is 5.82 Å². The second-order valence-corrected chi connectivity index (χ2v) is 9.47. The first-order valence-electron chi connectivity index (χ1n) is 10.5. The molecule has 1 aliphatic heterocycles. The lowest BCUT2D eigenvalue weighted by molar-refractivity contribution is 0.355. The molecule has 2 aromatic carbocycles. The molecular formula is C23H25FN4O5S. The summed E-state index contributed by atoms with van der Waals surface area (Å²) in [6.07, 6.45) is 0. The van der Waals surface area contributed by atoms with E-state index in [0.29, 0.717) is 36.1 Å². The van der Waals surface area contributed by atoms with E-state index in [1.54, 1.807) is 20.3 Å². The van der Waals surface area contributed by atoms with Crippen LogP contribution in [0.3, 0.4) is 0 Å². The van der Waals surface area contributed by atoms with Crippen molar-refractivity contribution in [2.75, 3.05) is 52.4 Å². The van der Waals surface area contributed by atoms with Gasteiger partial charge in [-0.1, -0.05) is 0 Å². The number of piperazine rings is 1. The second kappa shape index (κ2) is 9.82. The molecule has 0 saturated carbocycles. The number of benzene rings is 2. The van der Waals surface area contributed by atoms with Crippen LogP contribution in [0.25, 0.3) is 11.3 Å². The van der Waals surface area contributed by atoms with E-state index in [1.165, 1.54) is 23.5 Å². The lowest BCUT2D eigenvalue weighted by atomic mass is 10.1. The normalized spacial score (nSPS) is 14.6. The molecule has 0 radical (unpaired) electrons. The Morgan fingerprint density at radius 1 is 0.794 bits per heavy atom. The third-order valence-electron chi connectivity index (χ3n) is 5.65. The third kappa shape index (κ3) is 4.62. The Morgan fingerprint density at radius 3 is 2.06 bits per heavy atom. The summed E-state index contributed by atoms with van der Waals surface area (Å²) >= 11 is 0. The van der Waals surface area contributed by atoms with Gasteiger partial charge in [0.2, 0.25) is 10.0 Å². The predicted molar refractivity (Wildman–Crippen MR) is 124 cm³/mol. The number of sulfonamides is 1. The lowest BCUT2D eigenvalue weighted by Crippen LogP contribution is -2.49. The number of rotatable bonds is 7. The van der Waals surface area contributed by atoms with Gasteiger partial charge in [-0.05, 0) is 48.5 Å². The number of anilines is 1. The zero-order chi connectivity index (χ0) is 24.3. The maximum absolute atomic E-state index is 14.0. The fraction of sp³-hybridized carbons (Fsp3) is 0.304. The summed E-state index contributed by atoms with van der Waals surface area (Å²) in [6.45, 7) is 1.36. The van der Waals surface area contributed by atoms with Gasteiger partial charge in [-0.3, -0.25) is 0 Å². The molecule has 0 spiro atoms. The van der Waals surface area contributed by atoms with Crippen LogP contribution < -0.4 is 19.1 Å².